The summed E-state index contributed by atoms with van der Waals surface area (Å²) in [6, 6.07) is 1.79. The van der Waals surface area contributed by atoms with Gasteiger partial charge in [-0.15, -0.1) is 0 Å². The van der Waals surface area contributed by atoms with Crippen LogP contribution in [0.2, 0.25) is 0 Å². The summed E-state index contributed by atoms with van der Waals surface area (Å²) in [6.07, 6.45) is 0.702. The van der Waals surface area contributed by atoms with Gasteiger partial charge in [0.05, 0.1) is 5.56 Å². The molecule has 0 radical (unpaired) electrons. The van der Waals surface area contributed by atoms with Gasteiger partial charge in [0, 0.05) is 12.2 Å². The lowest BCUT2D eigenvalue weighted by molar-refractivity contribution is 0.0694. The average Bonchev–Trinajstić information content (AvgIpc) is 2.24. The van der Waals surface area contributed by atoms with Crippen molar-refractivity contribution in [1.29, 1.82) is 5.26 Å². The average molecular weight is 234 g/mol. The van der Waals surface area contributed by atoms with Crippen LogP contribution in [0.4, 0.5) is 0 Å². The molecule has 1 heterocycles. The summed E-state index contributed by atoms with van der Waals surface area (Å²) in [5.74, 6) is -1.11. The number of carboxylic acids is 1. The van der Waals surface area contributed by atoms with Crippen LogP contribution in [0.15, 0.2) is 4.79 Å². The van der Waals surface area contributed by atoms with E-state index in [0.717, 1.165) is 0 Å². The Labute approximate surface area is 98.9 Å². The van der Waals surface area contributed by atoms with Crippen molar-refractivity contribution < 1.29 is 9.90 Å². The summed E-state index contributed by atoms with van der Waals surface area (Å²) in [5, 5.41) is 18.1. The highest BCUT2D eigenvalue weighted by molar-refractivity contribution is 5.91. The van der Waals surface area contributed by atoms with Gasteiger partial charge in [0.2, 0.25) is 0 Å². The van der Waals surface area contributed by atoms with Gasteiger partial charge in [0.15, 0.2) is 0 Å². The van der Waals surface area contributed by atoms with E-state index in [-0.39, 0.29) is 16.7 Å². The number of aromatic carboxylic acids is 1. The molecule has 0 spiro atoms. The lowest BCUT2D eigenvalue weighted by Gasteiger charge is -2.14. The zero-order valence-electron chi connectivity index (χ0n) is 10.1. The van der Waals surface area contributed by atoms with Gasteiger partial charge in [-0.3, -0.25) is 4.79 Å². The van der Waals surface area contributed by atoms with Crippen molar-refractivity contribution in [2.24, 2.45) is 0 Å². The Morgan fingerprint density at radius 1 is 1.47 bits per heavy atom. The molecule has 0 atom stereocenters. The van der Waals surface area contributed by atoms with Crippen LogP contribution in [0.25, 0.3) is 0 Å². The zero-order valence-corrected chi connectivity index (χ0v) is 10.1. The maximum Gasteiger partial charge on any atom is 0.337 e. The van der Waals surface area contributed by atoms with Crippen LogP contribution >= 0.6 is 0 Å². The molecule has 0 saturated carbocycles. The fourth-order valence-electron chi connectivity index (χ4n) is 1.92. The van der Waals surface area contributed by atoms with Crippen LogP contribution in [-0.4, -0.2) is 15.6 Å². The Kier molecular flexibility index (Phi) is 3.69. The van der Waals surface area contributed by atoms with Crippen LogP contribution in [0.5, 0.6) is 0 Å². The second-order valence-electron chi connectivity index (χ2n) is 3.83. The molecule has 0 amide bonds. The van der Waals surface area contributed by atoms with Gasteiger partial charge in [0.25, 0.3) is 5.56 Å². The van der Waals surface area contributed by atoms with Crippen LogP contribution in [0.3, 0.4) is 0 Å². The molecule has 1 N–H and O–H groups in total. The third kappa shape index (κ3) is 2.07. The molecule has 1 rings (SSSR count). The first kappa shape index (κ1) is 13.0. The number of aromatic nitrogens is 1. The van der Waals surface area contributed by atoms with Gasteiger partial charge >= 0.3 is 5.97 Å². The highest BCUT2D eigenvalue weighted by Crippen LogP contribution is 2.15. The van der Waals surface area contributed by atoms with Gasteiger partial charge in [-0.05, 0) is 25.8 Å². The topological polar surface area (TPSA) is 83.1 Å². The molecular weight excluding hydrogens is 220 g/mol. The molecular formula is C12H14N2O3. The quantitative estimate of drug-likeness (QED) is 0.857. The molecule has 0 saturated heterocycles. The number of nitrogens with zero attached hydrogens (tertiary/aromatic N) is 2. The van der Waals surface area contributed by atoms with Crippen molar-refractivity contribution in [2.45, 2.75) is 33.7 Å². The highest BCUT2D eigenvalue weighted by Gasteiger charge is 2.20. The van der Waals surface area contributed by atoms with Crippen molar-refractivity contribution in [3.63, 3.8) is 0 Å². The molecule has 0 fully saturated rings. The smallest absolute Gasteiger partial charge is 0.337 e. The van der Waals surface area contributed by atoms with Gasteiger partial charge in [-0.2, -0.15) is 5.26 Å². The lowest BCUT2D eigenvalue weighted by Crippen LogP contribution is -2.29. The van der Waals surface area contributed by atoms with E-state index in [9.17, 15) is 9.59 Å². The summed E-state index contributed by atoms with van der Waals surface area (Å²) in [6.45, 7) is 5.39. The first-order valence-corrected chi connectivity index (χ1v) is 5.33. The highest BCUT2D eigenvalue weighted by atomic mass is 16.4. The Hall–Kier alpha value is -2.09. The normalized spacial score (nSPS) is 10.0. The molecule has 0 aliphatic rings. The molecule has 0 aromatic carbocycles. The van der Waals surface area contributed by atoms with Crippen LogP contribution < -0.4 is 5.56 Å². The first-order valence-electron chi connectivity index (χ1n) is 5.33. The molecule has 90 valence electrons. The lowest BCUT2D eigenvalue weighted by atomic mass is 10.0. The number of carboxylic acid groups (broad SMARTS) is 1. The third-order valence-electron chi connectivity index (χ3n) is 2.75. The summed E-state index contributed by atoms with van der Waals surface area (Å²) in [4.78, 5) is 23.1. The Morgan fingerprint density at radius 3 is 2.47 bits per heavy atom. The SMILES string of the molecule is CCCn1c(C)c(C(=O)O)c(C)c(C#N)c1=O. The molecule has 0 aliphatic carbocycles. The largest absolute Gasteiger partial charge is 0.478 e. The van der Waals surface area contributed by atoms with Crippen molar-refractivity contribution in [1.82, 2.24) is 4.57 Å². The van der Waals surface area contributed by atoms with Crippen LogP contribution in [0, 0.1) is 25.2 Å². The summed E-state index contributed by atoms with van der Waals surface area (Å²) in [5.41, 5.74) is 0.209. The molecule has 1 aromatic rings. The third-order valence-corrected chi connectivity index (χ3v) is 2.75. The summed E-state index contributed by atoms with van der Waals surface area (Å²) >= 11 is 0. The Morgan fingerprint density at radius 2 is 2.06 bits per heavy atom. The van der Waals surface area contributed by atoms with Gasteiger partial charge in [0.1, 0.15) is 11.6 Å². The first-order chi connectivity index (χ1) is 7.95. The molecule has 5 nitrogen and oxygen atoms in total. The van der Waals surface area contributed by atoms with E-state index >= 15 is 0 Å². The van der Waals surface area contributed by atoms with Crippen molar-refractivity contribution >= 4 is 5.97 Å². The fraction of sp³-hybridized carbons (Fsp3) is 0.417. The molecule has 17 heavy (non-hydrogen) atoms. The van der Waals surface area contributed by atoms with E-state index < -0.39 is 11.5 Å². The second-order valence-corrected chi connectivity index (χ2v) is 3.83. The van der Waals surface area contributed by atoms with Crippen molar-refractivity contribution in [2.75, 3.05) is 0 Å². The fourth-order valence-corrected chi connectivity index (χ4v) is 1.92. The summed E-state index contributed by atoms with van der Waals surface area (Å²) in [7, 11) is 0. The van der Waals surface area contributed by atoms with Crippen molar-refractivity contribution in [3.8, 4) is 6.07 Å². The van der Waals surface area contributed by atoms with Gasteiger partial charge < -0.3 is 9.67 Å². The number of hydrogen-bond donors (Lipinski definition) is 1. The second kappa shape index (κ2) is 4.83. The number of hydrogen-bond acceptors (Lipinski definition) is 3. The molecule has 0 unspecified atom stereocenters. The Balaban J connectivity index is 3.77. The van der Waals surface area contributed by atoms with E-state index in [2.05, 4.69) is 0 Å². The van der Waals surface area contributed by atoms with Gasteiger partial charge in [-0.25, -0.2) is 4.79 Å². The molecule has 0 aliphatic heterocycles. The monoisotopic (exact) mass is 234 g/mol. The summed E-state index contributed by atoms with van der Waals surface area (Å²) < 4.78 is 1.36. The van der Waals surface area contributed by atoms with E-state index in [1.54, 1.807) is 13.0 Å². The maximum absolute atomic E-state index is 12.0. The molecule has 5 heteroatoms. The minimum Gasteiger partial charge on any atom is -0.478 e. The van der Waals surface area contributed by atoms with Gasteiger partial charge in [-0.1, -0.05) is 6.92 Å². The molecule has 1 aromatic heterocycles. The number of nitriles is 1. The van der Waals surface area contributed by atoms with Crippen LogP contribution in [-0.2, 0) is 6.54 Å². The minimum absolute atomic E-state index is 0.0506. The maximum atomic E-state index is 12.0. The van der Waals surface area contributed by atoms with Crippen LogP contribution in [0.1, 0.15) is 40.5 Å². The zero-order chi connectivity index (χ0) is 13.2. The van der Waals surface area contributed by atoms with E-state index in [0.29, 0.717) is 18.7 Å². The minimum atomic E-state index is -1.11. The predicted molar refractivity (Wildman–Crippen MR) is 62.1 cm³/mol. The number of carbonyl (C=O) groups is 1. The van der Waals surface area contributed by atoms with Crippen molar-refractivity contribution in [3.05, 3.63) is 32.7 Å². The van der Waals surface area contributed by atoms with E-state index in [1.807, 2.05) is 6.92 Å². The van der Waals surface area contributed by atoms with E-state index in [1.165, 1.54) is 11.5 Å². The van der Waals surface area contributed by atoms with E-state index in [4.69, 9.17) is 10.4 Å². The number of rotatable bonds is 3. The predicted octanol–water partition coefficient (Wildman–Crippen LogP) is 1.45. The number of pyridine rings is 1. The standard InChI is InChI=1S/C12H14N2O3/c1-4-5-14-8(3)10(12(16)17)7(2)9(6-13)11(14)15/h4-5H2,1-3H3,(H,16,17). The molecule has 0 bridgehead atoms. The Bertz CT molecular complexity index is 565.